The van der Waals surface area contributed by atoms with E-state index in [1.807, 2.05) is 59.3 Å². The molecule has 1 N–H and O–H groups in total. The van der Waals surface area contributed by atoms with Crippen LogP contribution in [0.3, 0.4) is 0 Å². The summed E-state index contributed by atoms with van der Waals surface area (Å²) in [5.41, 5.74) is 3.80. The highest BCUT2D eigenvalue weighted by Gasteiger charge is 2.05. The lowest BCUT2D eigenvalue weighted by Gasteiger charge is -2.03. The van der Waals surface area contributed by atoms with Crippen LogP contribution in [0, 0.1) is 6.92 Å². The van der Waals surface area contributed by atoms with Gasteiger partial charge in [0.25, 0.3) is 5.91 Å². The summed E-state index contributed by atoms with van der Waals surface area (Å²) in [6.45, 7) is 2.63. The summed E-state index contributed by atoms with van der Waals surface area (Å²) >= 11 is 0. The molecule has 1 aromatic carbocycles. The summed E-state index contributed by atoms with van der Waals surface area (Å²) in [6, 6.07) is 13.3. The van der Waals surface area contributed by atoms with Gasteiger partial charge in [-0.3, -0.25) is 4.79 Å². The predicted octanol–water partition coefficient (Wildman–Crippen LogP) is 2.62. The van der Waals surface area contributed by atoms with Crippen LogP contribution in [0.4, 0.5) is 0 Å². The van der Waals surface area contributed by atoms with Gasteiger partial charge in [-0.15, -0.1) is 0 Å². The molecule has 1 amide bonds. The van der Waals surface area contributed by atoms with Crippen LogP contribution in [0.2, 0.25) is 0 Å². The van der Waals surface area contributed by atoms with Crippen molar-refractivity contribution in [1.29, 1.82) is 0 Å². The Kier molecular flexibility index (Phi) is 3.69. The molecule has 0 aliphatic rings. The fourth-order valence-corrected chi connectivity index (χ4v) is 2.27. The maximum Gasteiger partial charge on any atom is 0.251 e. The molecule has 4 heteroatoms. The molecule has 0 saturated carbocycles. The van der Waals surface area contributed by atoms with Crippen molar-refractivity contribution in [3.05, 3.63) is 71.7 Å². The van der Waals surface area contributed by atoms with E-state index in [0.29, 0.717) is 12.1 Å². The molecule has 0 radical (unpaired) electrons. The SMILES string of the molecule is Cc1ccc2nc(CCNC(=O)c3ccccc3)cn2c1. The van der Waals surface area contributed by atoms with Gasteiger partial charge in [0.15, 0.2) is 0 Å². The molecule has 106 valence electrons. The average molecular weight is 279 g/mol. The van der Waals surface area contributed by atoms with Crippen molar-refractivity contribution in [3.8, 4) is 0 Å². The molecule has 0 atom stereocenters. The number of imidazole rings is 1. The van der Waals surface area contributed by atoms with E-state index in [4.69, 9.17) is 0 Å². The largest absolute Gasteiger partial charge is 0.352 e. The molecule has 3 aromatic rings. The lowest BCUT2D eigenvalue weighted by Crippen LogP contribution is -2.25. The summed E-state index contributed by atoms with van der Waals surface area (Å²) in [5, 5.41) is 2.91. The van der Waals surface area contributed by atoms with Crippen molar-refractivity contribution in [2.75, 3.05) is 6.54 Å². The first kappa shape index (κ1) is 13.4. The van der Waals surface area contributed by atoms with E-state index in [-0.39, 0.29) is 5.91 Å². The first-order valence-corrected chi connectivity index (χ1v) is 7.00. The molecule has 4 nitrogen and oxygen atoms in total. The second kappa shape index (κ2) is 5.79. The first-order valence-electron chi connectivity index (χ1n) is 7.00. The van der Waals surface area contributed by atoms with Crippen LogP contribution >= 0.6 is 0 Å². The van der Waals surface area contributed by atoms with E-state index in [2.05, 4.69) is 17.2 Å². The number of carbonyl (C=O) groups excluding carboxylic acids is 1. The number of aryl methyl sites for hydroxylation is 1. The highest BCUT2D eigenvalue weighted by molar-refractivity contribution is 5.94. The number of nitrogens with one attached hydrogen (secondary N) is 1. The quantitative estimate of drug-likeness (QED) is 0.798. The predicted molar refractivity (Wildman–Crippen MR) is 82.4 cm³/mol. The van der Waals surface area contributed by atoms with Crippen molar-refractivity contribution in [3.63, 3.8) is 0 Å². The molecule has 0 fully saturated rings. The fourth-order valence-electron chi connectivity index (χ4n) is 2.27. The van der Waals surface area contributed by atoms with Gasteiger partial charge in [-0.2, -0.15) is 0 Å². The number of amides is 1. The zero-order valence-corrected chi connectivity index (χ0v) is 11.9. The number of hydrogen-bond donors (Lipinski definition) is 1. The van der Waals surface area contributed by atoms with Crippen LogP contribution in [-0.2, 0) is 6.42 Å². The summed E-state index contributed by atoms with van der Waals surface area (Å²) in [4.78, 5) is 16.5. The molecule has 2 heterocycles. The third-order valence-corrected chi connectivity index (χ3v) is 3.35. The molecule has 21 heavy (non-hydrogen) atoms. The van der Waals surface area contributed by atoms with Crippen molar-refractivity contribution in [2.45, 2.75) is 13.3 Å². The van der Waals surface area contributed by atoms with Crippen molar-refractivity contribution < 1.29 is 4.79 Å². The van der Waals surface area contributed by atoms with Gasteiger partial charge < -0.3 is 9.72 Å². The molecule has 0 unspecified atom stereocenters. The number of carbonyl (C=O) groups is 1. The summed E-state index contributed by atoms with van der Waals surface area (Å²) in [7, 11) is 0. The van der Waals surface area contributed by atoms with E-state index in [0.717, 1.165) is 17.8 Å². The average Bonchev–Trinajstić information content (AvgIpc) is 2.89. The first-order chi connectivity index (χ1) is 10.2. The van der Waals surface area contributed by atoms with E-state index in [1.165, 1.54) is 5.56 Å². The van der Waals surface area contributed by atoms with Gasteiger partial charge in [0.05, 0.1) is 5.69 Å². The fraction of sp³-hybridized carbons (Fsp3) is 0.176. The maximum absolute atomic E-state index is 11.9. The van der Waals surface area contributed by atoms with Crippen LogP contribution in [-0.4, -0.2) is 21.8 Å². The molecule has 2 aromatic heterocycles. The number of fused-ring (bicyclic) bond motifs is 1. The number of nitrogens with zero attached hydrogens (tertiary/aromatic N) is 2. The van der Waals surface area contributed by atoms with Crippen molar-refractivity contribution >= 4 is 11.6 Å². The van der Waals surface area contributed by atoms with Crippen LogP contribution in [0.15, 0.2) is 54.9 Å². The monoisotopic (exact) mass is 279 g/mol. The Labute approximate surface area is 123 Å². The number of aromatic nitrogens is 2. The Morgan fingerprint density at radius 1 is 1.14 bits per heavy atom. The number of hydrogen-bond acceptors (Lipinski definition) is 2. The van der Waals surface area contributed by atoms with E-state index >= 15 is 0 Å². The Morgan fingerprint density at radius 2 is 1.95 bits per heavy atom. The van der Waals surface area contributed by atoms with Gasteiger partial charge in [-0.1, -0.05) is 24.3 Å². The Hall–Kier alpha value is -2.62. The number of rotatable bonds is 4. The second-order valence-electron chi connectivity index (χ2n) is 5.08. The van der Waals surface area contributed by atoms with Gasteiger partial charge in [0.1, 0.15) is 5.65 Å². The van der Waals surface area contributed by atoms with Gasteiger partial charge in [0, 0.05) is 30.9 Å². The third-order valence-electron chi connectivity index (χ3n) is 3.35. The highest BCUT2D eigenvalue weighted by Crippen LogP contribution is 2.07. The zero-order chi connectivity index (χ0) is 14.7. The Morgan fingerprint density at radius 3 is 2.76 bits per heavy atom. The molecule has 0 aliphatic heterocycles. The van der Waals surface area contributed by atoms with E-state index < -0.39 is 0 Å². The van der Waals surface area contributed by atoms with Gasteiger partial charge >= 0.3 is 0 Å². The standard InChI is InChI=1S/C17H17N3O/c1-13-7-8-16-19-15(12-20(16)11-13)9-10-18-17(21)14-5-3-2-4-6-14/h2-8,11-12H,9-10H2,1H3,(H,18,21). The smallest absolute Gasteiger partial charge is 0.251 e. The van der Waals surface area contributed by atoms with Crippen molar-refractivity contribution in [1.82, 2.24) is 14.7 Å². The molecular weight excluding hydrogens is 262 g/mol. The summed E-state index contributed by atoms with van der Waals surface area (Å²) < 4.78 is 2.02. The minimum Gasteiger partial charge on any atom is -0.352 e. The van der Waals surface area contributed by atoms with Crippen LogP contribution < -0.4 is 5.32 Å². The lowest BCUT2D eigenvalue weighted by atomic mass is 10.2. The van der Waals surface area contributed by atoms with E-state index in [1.54, 1.807) is 0 Å². The lowest BCUT2D eigenvalue weighted by molar-refractivity contribution is 0.0954. The molecule has 0 spiro atoms. The number of benzene rings is 1. The third kappa shape index (κ3) is 3.11. The normalized spacial score (nSPS) is 10.7. The van der Waals surface area contributed by atoms with E-state index in [9.17, 15) is 4.79 Å². The molecule has 0 aliphatic carbocycles. The number of pyridine rings is 1. The zero-order valence-electron chi connectivity index (χ0n) is 11.9. The van der Waals surface area contributed by atoms with Crippen LogP contribution in [0.5, 0.6) is 0 Å². The molecular formula is C17H17N3O. The van der Waals surface area contributed by atoms with Crippen molar-refractivity contribution in [2.24, 2.45) is 0 Å². The van der Waals surface area contributed by atoms with Gasteiger partial charge in [-0.05, 0) is 30.7 Å². The summed E-state index contributed by atoms with van der Waals surface area (Å²) in [5.74, 6) is -0.0461. The van der Waals surface area contributed by atoms with Gasteiger partial charge in [-0.25, -0.2) is 4.98 Å². The summed E-state index contributed by atoms with van der Waals surface area (Å²) in [6.07, 6.45) is 4.78. The second-order valence-corrected chi connectivity index (χ2v) is 5.08. The molecule has 0 bridgehead atoms. The maximum atomic E-state index is 11.9. The molecule has 3 rings (SSSR count). The van der Waals surface area contributed by atoms with Crippen LogP contribution in [0.25, 0.3) is 5.65 Å². The molecule has 0 saturated heterocycles. The Bertz CT molecular complexity index is 762. The minimum absolute atomic E-state index is 0.0461. The topological polar surface area (TPSA) is 46.4 Å². The van der Waals surface area contributed by atoms with Gasteiger partial charge in [0.2, 0.25) is 0 Å². The Balaban J connectivity index is 1.60. The highest BCUT2D eigenvalue weighted by atomic mass is 16.1. The van der Waals surface area contributed by atoms with Crippen LogP contribution in [0.1, 0.15) is 21.6 Å². The minimum atomic E-state index is -0.0461.